The van der Waals surface area contributed by atoms with E-state index in [1.807, 2.05) is 6.92 Å². The van der Waals surface area contributed by atoms with Gasteiger partial charge in [-0.15, -0.1) is 0 Å². The summed E-state index contributed by atoms with van der Waals surface area (Å²) in [6, 6.07) is 1.95. The van der Waals surface area contributed by atoms with Gasteiger partial charge in [-0.3, -0.25) is 0 Å². The topological polar surface area (TPSA) is 84.5 Å². The fraction of sp³-hybridized carbons (Fsp3) is 0.600. The number of nitrogen functional groups attached to an aromatic ring is 1. The number of hydrogen-bond acceptors (Lipinski definition) is 6. The Morgan fingerprint density at radius 2 is 2.44 bits per heavy atom. The SMILES string of the molecule is CC1COC(CO)CN1c1cc(N)ncn1. The third kappa shape index (κ3) is 2.23. The second-order valence-corrected chi connectivity index (χ2v) is 3.94. The average Bonchev–Trinajstić information content (AvgIpc) is 2.30. The van der Waals surface area contributed by atoms with E-state index in [4.69, 9.17) is 15.6 Å². The molecule has 6 nitrogen and oxygen atoms in total. The minimum absolute atomic E-state index is 0.0176. The van der Waals surface area contributed by atoms with Crippen molar-refractivity contribution in [1.29, 1.82) is 0 Å². The van der Waals surface area contributed by atoms with Crippen molar-refractivity contribution < 1.29 is 9.84 Å². The van der Waals surface area contributed by atoms with E-state index >= 15 is 0 Å². The van der Waals surface area contributed by atoms with Gasteiger partial charge in [-0.05, 0) is 6.92 Å². The minimum Gasteiger partial charge on any atom is -0.394 e. The number of ether oxygens (including phenoxy) is 1. The number of aromatic nitrogens is 2. The molecule has 1 aliphatic rings. The van der Waals surface area contributed by atoms with Gasteiger partial charge < -0.3 is 20.5 Å². The highest BCUT2D eigenvalue weighted by molar-refractivity contribution is 5.47. The zero-order valence-electron chi connectivity index (χ0n) is 9.21. The summed E-state index contributed by atoms with van der Waals surface area (Å²) in [4.78, 5) is 10.1. The maximum atomic E-state index is 9.09. The van der Waals surface area contributed by atoms with E-state index in [1.165, 1.54) is 6.33 Å². The van der Waals surface area contributed by atoms with Crippen molar-refractivity contribution in [3.05, 3.63) is 12.4 Å². The van der Waals surface area contributed by atoms with Crippen LogP contribution in [0.25, 0.3) is 0 Å². The lowest BCUT2D eigenvalue weighted by Gasteiger charge is -2.38. The number of nitrogens with zero attached hydrogens (tertiary/aromatic N) is 3. The molecule has 6 heteroatoms. The molecule has 1 saturated heterocycles. The summed E-state index contributed by atoms with van der Waals surface area (Å²) >= 11 is 0. The molecule has 2 unspecified atom stereocenters. The Hall–Kier alpha value is -1.40. The molecule has 2 heterocycles. The summed E-state index contributed by atoms with van der Waals surface area (Å²) in [7, 11) is 0. The Kier molecular flexibility index (Phi) is 3.21. The molecule has 0 aromatic carbocycles. The summed E-state index contributed by atoms with van der Waals surface area (Å²) in [5, 5.41) is 9.09. The lowest BCUT2D eigenvalue weighted by atomic mass is 10.2. The second-order valence-electron chi connectivity index (χ2n) is 3.94. The van der Waals surface area contributed by atoms with E-state index in [2.05, 4.69) is 14.9 Å². The van der Waals surface area contributed by atoms with Crippen LogP contribution in [0.15, 0.2) is 12.4 Å². The van der Waals surface area contributed by atoms with Crippen LogP contribution in [0.1, 0.15) is 6.92 Å². The summed E-state index contributed by atoms with van der Waals surface area (Å²) in [5.74, 6) is 1.23. The van der Waals surface area contributed by atoms with Crippen molar-refractivity contribution in [2.75, 3.05) is 30.4 Å². The number of nitrogens with two attached hydrogens (primary N) is 1. The normalized spacial score (nSPS) is 25.8. The standard InChI is InChI=1S/C10H16N4O2/c1-7-5-16-8(4-15)3-14(7)10-2-9(11)12-6-13-10/h2,6-8,15H,3-5H2,1H3,(H2,11,12,13). The molecule has 2 atom stereocenters. The van der Waals surface area contributed by atoms with Gasteiger partial charge >= 0.3 is 0 Å². The molecule has 88 valence electrons. The number of anilines is 2. The van der Waals surface area contributed by atoms with E-state index in [0.717, 1.165) is 5.82 Å². The predicted octanol–water partition coefficient (Wildman–Crippen LogP) is -0.355. The highest BCUT2D eigenvalue weighted by atomic mass is 16.5. The largest absolute Gasteiger partial charge is 0.394 e. The second kappa shape index (κ2) is 4.63. The molecule has 16 heavy (non-hydrogen) atoms. The molecule has 1 aliphatic heterocycles. The molecule has 0 spiro atoms. The summed E-state index contributed by atoms with van der Waals surface area (Å²) < 4.78 is 5.46. The average molecular weight is 224 g/mol. The number of hydrogen-bond donors (Lipinski definition) is 2. The molecule has 0 amide bonds. The molecule has 2 rings (SSSR count). The lowest BCUT2D eigenvalue weighted by Crippen LogP contribution is -2.50. The minimum atomic E-state index is -0.160. The maximum Gasteiger partial charge on any atom is 0.134 e. The van der Waals surface area contributed by atoms with Gasteiger partial charge in [0.2, 0.25) is 0 Å². The summed E-state index contributed by atoms with van der Waals surface area (Å²) in [6.45, 7) is 3.26. The lowest BCUT2D eigenvalue weighted by molar-refractivity contribution is -0.0105. The third-order valence-corrected chi connectivity index (χ3v) is 2.68. The van der Waals surface area contributed by atoms with Gasteiger partial charge in [0.05, 0.1) is 25.4 Å². The number of aliphatic hydroxyl groups is 1. The van der Waals surface area contributed by atoms with Crippen molar-refractivity contribution in [3.8, 4) is 0 Å². The van der Waals surface area contributed by atoms with Crippen molar-refractivity contribution in [2.45, 2.75) is 19.1 Å². The van der Waals surface area contributed by atoms with Crippen LogP contribution in [0.3, 0.4) is 0 Å². The first-order valence-electron chi connectivity index (χ1n) is 5.27. The molecule has 0 radical (unpaired) electrons. The molecule has 3 N–H and O–H groups in total. The summed E-state index contributed by atoms with van der Waals surface area (Å²) in [6.07, 6.45) is 1.29. The van der Waals surface area contributed by atoms with Crippen molar-refractivity contribution in [1.82, 2.24) is 9.97 Å². The first kappa shape index (κ1) is 11.1. The van der Waals surface area contributed by atoms with Crippen LogP contribution in [0.2, 0.25) is 0 Å². The van der Waals surface area contributed by atoms with Gasteiger partial charge in [0, 0.05) is 12.6 Å². The van der Waals surface area contributed by atoms with Crippen LogP contribution in [0, 0.1) is 0 Å². The molecule has 0 bridgehead atoms. The van der Waals surface area contributed by atoms with Gasteiger partial charge in [-0.1, -0.05) is 0 Å². The summed E-state index contributed by atoms with van der Waals surface area (Å²) in [5.41, 5.74) is 5.62. The quantitative estimate of drug-likeness (QED) is 0.714. The van der Waals surface area contributed by atoms with E-state index < -0.39 is 0 Å². The maximum absolute atomic E-state index is 9.09. The predicted molar refractivity (Wildman–Crippen MR) is 60.1 cm³/mol. The Bertz CT molecular complexity index is 360. The molecule has 0 aliphatic carbocycles. The van der Waals surface area contributed by atoms with E-state index in [1.54, 1.807) is 6.07 Å². The Morgan fingerprint density at radius 3 is 3.12 bits per heavy atom. The number of morpholine rings is 1. The van der Waals surface area contributed by atoms with E-state index in [9.17, 15) is 0 Å². The molecule has 1 aromatic heterocycles. The molecule has 1 aromatic rings. The van der Waals surface area contributed by atoms with Gasteiger partial charge in [0.15, 0.2) is 0 Å². The first-order valence-corrected chi connectivity index (χ1v) is 5.27. The highest BCUT2D eigenvalue weighted by Crippen LogP contribution is 2.20. The number of aliphatic hydroxyl groups excluding tert-OH is 1. The zero-order valence-corrected chi connectivity index (χ0v) is 9.21. The highest BCUT2D eigenvalue weighted by Gasteiger charge is 2.26. The fourth-order valence-electron chi connectivity index (χ4n) is 1.77. The monoisotopic (exact) mass is 224 g/mol. The van der Waals surface area contributed by atoms with Crippen LogP contribution in [-0.2, 0) is 4.74 Å². The van der Waals surface area contributed by atoms with Gasteiger partial charge in [0.1, 0.15) is 18.0 Å². The van der Waals surface area contributed by atoms with Crippen molar-refractivity contribution in [2.24, 2.45) is 0 Å². The van der Waals surface area contributed by atoms with Crippen LogP contribution in [-0.4, -0.2) is 47.0 Å². The van der Waals surface area contributed by atoms with Gasteiger partial charge in [-0.25, -0.2) is 9.97 Å². The molecule has 0 saturated carbocycles. The molecule has 1 fully saturated rings. The van der Waals surface area contributed by atoms with Crippen molar-refractivity contribution >= 4 is 11.6 Å². The van der Waals surface area contributed by atoms with Crippen LogP contribution in [0.5, 0.6) is 0 Å². The Labute approximate surface area is 94.1 Å². The zero-order chi connectivity index (χ0) is 11.5. The van der Waals surface area contributed by atoms with Crippen LogP contribution < -0.4 is 10.6 Å². The fourth-order valence-corrected chi connectivity index (χ4v) is 1.77. The third-order valence-electron chi connectivity index (χ3n) is 2.68. The molecular formula is C10H16N4O2. The van der Waals surface area contributed by atoms with Crippen LogP contribution >= 0.6 is 0 Å². The first-order chi connectivity index (χ1) is 7.70. The Balaban J connectivity index is 2.17. The van der Waals surface area contributed by atoms with E-state index in [0.29, 0.717) is 19.0 Å². The smallest absolute Gasteiger partial charge is 0.134 e. The van der Waals surface area contributed by atoms with Crippen LogP contribution in [0.4, 0.5) is 11.6 Å². The van der Waals surface area contributed by atoms with Gasteiger partial charge in [-0.2, -0.15) is 0 Å². The van der Waals surface area contributed by atoms with E-state index in [-0.39, 0.29) is 18.8 Å². The molecular weight excluding hydrogens is 208 g/mol. The Morgan fingerprint density at radius 1 is 1.62 bits per heavy atom. The van der Waals surface area contributed by atoms with Crippen molar-refractivity contribution in [3.63, 3.8) is 0 Å². The van der Waals surface area contributed by atoms with Gasteiger partial charge in [0.25, 0.3) is 0 Å². The number of rotatable bonds is 2.